The van der Waals surface area contributed by atoms with Crippen molar-refractivity contribution in [1.82, 2.24) is 9.55 Å². The SMILES string of the molecule is COCC(Br)CN(C)c1nccn(CC(C)C)c1=O. The van der Waals surface area contributed by atoms with Crippen LogP contribution >= 0.6 is 15.9 Å². The number of anilines is 1. The van der Waals surface area contributed by atoms with Gasteiger partial charge in [0.25, 0.3) is 5.56 Å². The minimum Gasteiger partial charge on any atom is -0.383 e. The molecule has 1 atom stereocenters. The van der Waals surface area contributed by atoms with Crippen LogP contribution in [0.2, 0.25) is 0 Å². The van der Waals surface area contributed by atoms with E-state index in [4.69, 9.17) is 4.74 Å². The molecule has 0 spiro atoms. The Morgan fingerprint density at radius 3 is 2.79 bits per heavy atom. The topological polar surface area (TPSA) is 47.4 Å². The van der Waals surface area contributed by atoms with Gasteiger partial charge in [0.15, 0.2) is 5.82 Å². The number of nitrogens with zero attached hydrogens (tertiary/aromatic N) is 3. The Morgan fingerprint density at radius 2 is 2.21 bits per heavy atom. The summed E-state index contributed by atoms with van der Waals surface area (Å²) in [6.45, 7) is 6.14. The predicted molar refractivity (Wildman–Crippen MR) is 81.2 cm³/mol. The number of hydrogen-bond acceptors (Lipinski definition) is 4. The number of ether oxygens (including phenoxy) is 1. The summed E-state index contributed by atoms with van der Waals surface area (Å²) in [5.41, 5.74) is -0.0455. The molecule has 1 aromatic heterocycles. The van der Waals surface area contributed by atoms with E-state index in [0.717, 1.165) is 0 Å². The first-order valence-corrected chi connectivity index (χ1v) is 7.26. The molecule has 0 fully saturated rings. The van der Waals surface area contributed by atoms with Gasteiger partial charge in [0, 0.05) is 39.6 Å². The summed E-state index contributed by atoms with van der Waals surface area (Å²) in [5, 5.41) is 0. The smallest absolute Gasteiger partial charge is 0.293 e. The third kappa shape index (κ3) is 4.95. The van der Waals surface area contributed by atoms with E-state index in [1.54, 1.807) is 24.1 Å². The third-order valence-electron chi connectivity index (χ3n) is 2.64. The zero-order valence-electron chi connectivity index (χ0n) is 12.0. The molecule has 1 rings (SSSR count). The number of hydrogen-bond donors (Lipinski definition) is 0. The van der Waals surface area contributed by atoms with Gasteiger partial charge in [-0.1, -0.05) is 29.8 Å². The van der Waals surface area contributed by atoms with Crippen molar-refractivity contribution >= 4 is 21.7 Å². The largest absolute Gasteiger partial charge is 0.383 e. The lowest BCUT2D eigenvalue weighted by atomic mass is 10.2. The van der Waals surface area contributed by atoms with Crippen molar-refractivity contribution in [2.45, 2.75) is 25.2 Å². The Balaban J connectivity index is 2.85. The van der Waals surface area contributed by atoms with Crippen LogP contribution in [0.3, 0.4) is 0 Å². The lowest BCUT2D eigenvalue weighted by Gasteiger charge is -2.21. The van der Waals surface area contributed by atoms with Crippen molar-refractivity contribution in [2.24, 2.45) is 5.92 Å². The zero-order valence-corrected chi connectivity index (χ0v) is 13.6. The van der Waals surface area contributed by atoms with Gasteiger partial charge in [-0.2, -0.15) is 0 Å². The first kappa shape index (κ1) is 16.2. The highest BCUT2D eigenvalue weighted by atomic mass is 79.9. The monoisotopic (exact) mass is 331 g/mol. The molecule has 1 heterocycles. The molecule has 6 heteroatoms. The molecular formula is C13H22BrN3O2. The van der Waals surface area contributed by atoms with Crippen LogP contribution in [0, 0.1) is 5.92 Å². The zero-order chi connectivity index (χ0) is 14.4. The maximum atomic E-state index is 12.3. The van der Waals surface area contributed by atoms with E-state index < -0.39 is 0 Å². The second-order valence-corrected chi connectivity index (χ2v) is 6.33. The molecule has 0 N–H and O–H groups in total. The maximum absolute atomic E-state index is 12.3. The molecule has 108 valence electrons. The van der Waals surface area contributed by atoms with E-state index in [0.29, 0.717) is 31.4 Å². The fourth-order valence-corrected chi connectivity index (χ4v) is 2.55. The van der Waals surface area contributed by atoms with E-state index in [2.05, 4.69) is 34.8 Å². The van der Waals surface area contributed by atoms with Crippen LogP contribution in [0.4, 0.5) is 5.82 Å². The van der Waals surface area contributed by atoms with Crippen LogP contribution in [0.15, 0.2) is 17.2 Å². The van der Waals surface area contributed by atoms with Crippen LogP contribution in [0.25, 0.3) is 0 Å². The van der Waals surface area contributed by atoms with Crippen molar-refractivity contribution in [1.29, 1.82) is 0 Å². The Hall–Kier alpha value is -0.880. The standard InChI is InChI=1S/C13H22BrN3O2/c1-10(2)7-17-6-5-15-12(13(17)18)16(3)8-11(14)9-19-4/h5-6,10-11H,7-9H2,1-4H3. The van der Waals surface area contributed by atoms with Crippen molar-refractivity contribution < 1.29 is 4.74 Å². The van der Waals surface area contributed by atoms with Gasteiger partial charge in [0.2, 0.25) is 0 Å². The molecule has 0 amide bonds. The van der Waals surface area contributed by atoms with Gasteiger partial charge >= 0.3 is 0 Å². The molecule has 0 aliphatic rings. The predicted octanol–water partition coefficient (Wildman–Crippen LogP) is 1.75. The van der Waals surface area contributed by atoms with Crippen LogP contribution in [-0.2, 0) is 11.3 Å². The molecule has 0 bridgehead atoms. The maximum Gasteiger partial charge on any atom is 0.293 e. The van der Waals surface area contributed by atoms with E-state index >= 15 is 0 Å². The van der Waals surface area contributed by atoms with Crippen molar-refractivity contribution in [3.05, 3.63) is 22.7 Å². The van der Waals surface area contributed by atoms with Crippen molar-refractivity contribution in [3.63, 3.8) is 0 Å². The summed E-state index contributed by atoms with van der Waals surface area (Å²) in [4.78, 5) is 18.5. The fourth-order valence-electron chi connectivity index (χ4n) is 1.85. The average Bonchev–Trinajstić information content (AvgIpc) is 2.31. The minimum absolute atomic E-state index is 0.0455. The fraction of sp³-hybridized carbons (Fsp3) is 0.692. The minimum atomic E-state index is -0.0455. The van der Waals surface area contributed by atoms with Crippen LogP contribution in [-0.4, -0.2) is 41.7 Å². The summed E-state index contributed by atoms with van der Waals surface area (Å²) in [5.74, 6) is 0.902. The molecule has 0 aliphatic carbocycles. The van der Waals surface area contributed by atoms with Gasteiger partial charge < -0.3 is 14.2 Å². The molecule has 5 nitrogen and oxygen atoms in total. The summed E-state index contributed by atoms with van der Waals surface area (Å²) in [6.07, 6.45) is 3.41. The van der Waals surface area contributed by atoms with E-state index in [-0.39, 0.29) is 10.4 Å². The third-order valence-corrected chi connectivity index (χ3v) is 3.19. The van der Waals surface area contributed by atoms with Gasteiger partial charge in [-0.3, -0.25) is 4.79 Å². The highest BCUT2D eigenvalue weighted by Gasteiger charge is 2.14. The normalized spacial score (nSPS) is 12.7. The van der Waals surface area contributed by atoms with Crippen LogP contribution in [0.5, 0.6) is 0 Å². The highest BCUT2D eigenvalue weighted by molar-refractivity contribution is 9.09. The number of aromatic nitrogens is 2. The number of alkyl halides is 1. The molecule has 0 saturated heterocycles. The van der Waals surface area contributed by atoms with Gasteiger partial charge in [0.05, 0.1) is 11.4 Å². The summed E-state index contributed by atoms with van der Waals surface area (Å²) < 4.78 is 6.78. The highest BCUT2D eigenvalue weighted by Crippen LogP contribution is 2.07. The van der Waals surface area contributed by atoms with E-state index in [1.165, 1.54) is 0 Å². The molecular weight excluding hydrogens is 310 g/mol. The number of halogens is 1. The summed E-state index contributed by atoms with van der Waals surface area (Å²) in [7, 11) is 3.53. The Labute approximate surface area is 122 Å². The molecule has 1 unspecified atom stereocenters. The van der Waals surface area contributed by atoms with E-state index in [9.17, 15) is 4.79 Å². The molecule has 19 heavy (non-hydrogen) atoms. The van der Waals surface area contributed by atoms with Gasteiger partial charge in [-0.25, -0.2) is 4.98 Å². The van der Waals surface area contributed by atoms with E-state index in [1.807, 2.05) is 11.9 Å². The number of rotatable bonds is 7. The Kier molecular flexibility index (Phi) is 6.51. The van der Waals surface area contributed by atoms with Gasteiger partial charge in [0.1, 0.15) is 0 Å². The Morgan fingerprint density at radius 1 is 1.53 bits per heavy atom. The van der Waals surface area contributed by atoms with Gasteiger partial charge in [-0.15, -0.1) is 0 Å². The van der Waals surface area contributed by atoms with Crippen molar-refractivity contribution in [3.8, 4) is 0 Å². The first-order valence-electron chi connectivity index (χ1n) is 6.35. The van der Waals surface area contributed by atoms with Crippen LogP contribution < -0.4 is 10.5 Å². The molecule has 0 aromatic carbocycles. The van der Waals surface area contributed by atoms with Crippen molar-refractivity contribution in [2.75, 3.05) is 32.2 Å². The first-order chi connectivity index (χ1) is 8.95. The molecule has 0 aliphatic heterocycles. The molecule has 0 radical (unpaired) electrons. The summed E-state index contributed by atoms with van der Waals surface area (Å²) >= 11 is 3.52. The lowest BCUT2D eigenvalue weighted by molar-refractivity contribution is 0.201. The second-order valence-electron chi connectivity index (χ2n) is 5.04. The number of methoxy groups -OCH3 is 1. The average molecular weight is 332 g/mol. The lowest BCUT2D eigenvalue weighted by Crippen LogP contribution is -2.35. The molecule has 0 saturated carbocycles. The van der Waals surface area contributed by atoms with Crippen LogP contribution in [0.1, 0.15) is 13.8 Å². The quantitative estimate of drug-likeness (QED) is 0.714. The van der Waals surface area contributed by atoms with Gasteiger partial charge in [-0.05, 0) is 5.92 Å². The second kappa shape index (κ2) is 7.65. The molecule has 1 aromatic rings. The Bertz CT molecular complexity index is 448. The summed E-state index contributed by atoms with van der Waals surface area (Å²) in [6, 6.07) is 0.